The molecule has 0 unspecified atom stereocenters. The molecule has 50 valence electrons. The molecule has 0 heterocycles. The lowest BCUT2D eigenvalue weighted by atomic mass is 11.1. The molecule has 0 aliphatic heterocycles. The van der Waals surface area contributed by atoms with Crippen molar-refractivity contribution in [1.29, 1.82) is 0 Å². The number of hydrogen-bond acceptors (Lipinski definition) is 3. The molecule has 0 bridgehead atoms. The van der Waals surface area contributed by atoms with Gasteiger partial charge in [0.1, 0.15) is 0 Å². The summed E-state index contributed by atoms with van der Waals surface area (Å²) in [5, 5.41) is 2.63. The number of nitrogens with one attached hydrogen (secondary N) is 2. The predicted octanol–water partition coefficient (Wildman–Crippen LogP) is -1.29. The minimum Gasteiger partial charge on any atom is -0.307 e. The average molecular weight is 138 g/mol. The Balaban J connectivity index is 3.42. The van der Waals surface area contributed by atoms with Gasteiger partial charge in [-0.25, -0.2) is 13.1 Å². The van der Waals surface area contributed by atoms with Crippen molar-refractivity contribution in [2.45, 2.75) is 0 Å². The molecule has 8 heavy (non-hydrogen) atoms. The van der Waals surface area contributed by atoms with Gasteiger partial charge in [-0.3, -0.25) is 0 Å². The minimum atomic E-state index is -3.00. The Kier molecular flexibility index (Phi) is 2.96. The molecule has 2 N–H and O–H groups in total. The summed E-state index contributed by atoms with van der Waals surface area (Å²) >= 11 is 0. The van der Waals surface area contributed by atoms with Crippen molar-refractivity contribution >= 4 is 10.0 Å². The van der Waals surface area contributed by atoms with Crippen molar-refractivity contribution in [2.75, 3.05) is 20.0 Å². The second-order valence-electron chi connectivity index (χ2n) is 1.45. The molecule has 0 aromatic heterocycles. The van der Waals surface area contributed by atoms with Crippen LogP contribution in [0.4, 0.5) is 0 Å². The summed E-state index contributed by atoms with van der Waals surface area (Å²) in [6, 6.07) is 0. The van der Waals surface area contributed by atoms with Gasteiger partial charge in [0.15, 0.2) is 0 Å². The highest BCUT2D eigenvalue weighted by Gasteiger charge is 1.94. The van der Waals surface area contributed by atoms with E-state index in [0.29, 0.717) is 6.67 Å². The van der Waals surface area contributed by atoms with Crippen LogP contribution in [-0.2, 0) is 10.0 Å². The van der Waals surface area contributed by atoms with Crippen LogP contribution in [0, 0.1) is 0 Å². The Morgan fingerprint density at radius 3 is 2.12 bits per heavy atom. The quantitative estimate of drug-likeness (QED) is 0.477. The normalized spacial score (nSPS) is 11.8. The number of hydrogen-bond donors (Lipinski definition) is 2. The Morgan fingerprint density at radius 2 is 2.00 bits per heavy atom. The van der Waals surface area contributed by atoms with Crippen LogP contribution in [-0.4, -0.2) is 28.4 Å². The fraction of sp³-hybridized carbons (Fsp3) is 1.00. The molecule has 0 saturated carbocycles. The monoisotopic (exact) mass is 138 g/mol. The van der Waals surface area contributed by atoms with E-state index in [0.717, 1.165) is 6.26 Å². The van der Waals surface area contributed by atoms with Crippen LogP contribution < -0.4 is 10.0 Å². The van der Waals surface area contributed by atoms with Crippen molar-refractivity contribution in [2.24, 2.45) is 0 Å². The SMILES string of the molecule is CNCNS(C)(=O)=O. The summed E-state index contributed by atoms with van der Waals surface area (Å²) in [4.78, 5) is 0. The first-order chi connectivity index (χ1) is 3.56. The van der Waals surface area contributed by atoms with Gasteiger partial charge in [0.05, 0.1) is 12.9 Å². The van der Waals surface area contributed by atoms with Crippen LogP contribution in [0.3, 0.4) is 0 Å². The molecule has 0 aromatic carbocycles. The zero-order valence-electron chi connectivity index (χ0n) is 4.93. The average Bonchev–Trinajstić information content (AvgIpc) is 1.59. The second-order valence-corrected chi connectivity index (χ2v) is 3.28. The Hall–Kier alpha value is -0.130. The molecule has 5 heteroatoms. The van der Waals surface area contributed by atoms with Gasteiger partial charge in [-0.15, -0.1) is 0 Å². The van der Waals surface area contributed by atoms with E-state index < -0.39 is 10.0 Å². The zero-order chi connectivity index (χ0) is 6.62. The van der Waals surface area contributed by atoms with Gasteiger partial charge in [-0.1, -0.05) is 0 Å². The van der Waals surface area contributed by atoms with E-state index in [4.69, 9.17) is 0 Å². The molecule has 0 aliphatic carbocycles. The van der Waals surface area contributed by atoms with E-state index in [1.54, 1.807) is 7.05 Å². The second kappa shape index (κ2) is 3.01. The van der Waals surface area contributed by atoms with Crippen LogP contribution in [0.25, 0.3) is 0 Å². The lowest BCUT2D eigenvalue weighted by Gasteiger charge is -1.97. The summed E-state index contributed by atoms with van der Waals surface area (Å²) in [5.74, 6) is 0. The smallest absolute Gasteiger partial charge is 0.209 e. The van der Waals surface area contributed by atoms with Gasteiger partial charge in [0, 0.05) is 0 Å². The van der Waals surface area contributed by atoms with E-state index in [1.165, 1.54) is 0 Å². The molecule has 0 aromatic rings. The Bertz CT molecular complexity index is 139. The van der Waals surface area contributed by atoms with E-state index in [9.17, 15) is 8.42 Å². The Labute approximate surface area is 49.3 Å². The predicted molar refractivity (Wildman–Crippen MR) is 31.9 cm³/mol. The van der Waals surface area contributed by atoms with Crippen LogP contribution in [0.5, 0.6) is 0 Å². The fourth-order valence-corrected chi connectivity index (χ4v) is 0.610. The van der Waals surface area contributed by atoms with Crippen molar-refractivity contribution < 1.29 is 8.42 Å². The van der Waals surface area contributed by atoms with Crippen molar-refractivity contribution in [3.63, 3.8) is 0 Å². The van der Waals surface area contributed by atoms with Gasteiger partial charge in [0.25, 0.3) is 0 Å². The number of rotatable bonds is 3. The number of sulfonamides is 1. The molecule has 0 spiro atoms. The summed E-state index contributed by atoms with van der Waals surface area (Å²) < 4.78 is 22.7. The molecular weight excluding hydrogens is 128 g/mol. The maximum Gasteiger partial charge on any atom is 0.209 e. The molecular formula is C3H10N2O2S. The van der Waals surface area contributed by atoms with Crippen molar-refractivity contribution in [3.05, 3.63) is 0 Å². The van der Waals surface area contributed by atoms with Crippen LogP contribution >= 0.6 is 0 Å². The van der Waals surface area contributed by atoms with Gasteiger partial charge in [0.2, 0.25) is 10.0 Å². The van der Waals surface area contributed by atoms with E-state index >= 15 is 0 Å². The molecule has 0 saturated heterocycles. The molecule has 0 amide bonds. The maximum absolute atomic E-state index is 10.2. The van der Waals surface area contributed by atoms with Crippen molar-refractivity contribution in [1.82, 2.24) is 10.0 Å². The van der Waals surface area contributed by atoms with Gasteiger partial charge < -0.3 is 5.32 Å². The first-order valence-corrected chi connectivity index (χ1v) is 4.04. The summed E-state index contributed by atoms with van der Waals surface area (Å²) in [6.45, 7) is 0.291. The molecule has 0 radical (unpaired) electrons. The minimum absolute atomic E-state index is 0.291. The largest absolute Gasteiger partial charge is 0.307 e. The molecule has 4 nitrogen and oxygen atoms in total. The van der Waals surface area contributed by atoms with Crippen LogP contribution in [0.1, 0.15) is 0 Å². The maximum atomic E-state index is 10.2. The molecule has 0 aliphatic rings. The van der Waals surface area contributed by atoms with Gasteiger partial charge in [-0.05, 0) is 7.05 Å². The summed E-state index contributed by atoms with van der Waals surface area (Å²) in [5.41, 5.74) is 0. The van der Waals surface area contributed by atoms with E-state index in [2.05, 4.69) is 10.0 Å². The first-order valence-electron chi connectivity index (χ1n) is 2.15. The molecule has 0 atom stereocenters. The van der Waals surface area contributed by atoms with Gasteiger partial charge in [-0.2, -0.15) is 0 Å². The third kappa shape index (κ3) is 5.87. The highest BCUT2D eigenvalue weighted by Crippen LogP contribution is 1.66. The third-order valence-electron chi connectivity index (χ3n) is 0.511. The first kappa shape index (κ1) is 7.87. The summed E-state index contributed by atoms with van der Waals surface area (Å²) in [7, 11) is -1.33. The lowest BCUT2D eigenvalue weighted by molar-refractivity contribution is 0.583. The van der Waals surface area contributed by atoms with E-state index in [1.807, 2.05) is 0 Å². The highest BCUT2D eigenvalue weighted by molar-refractivity contribution is 7.88. The zero-order valence-corrected chi connectivity index (χ0v) is 5.75. The highest BCUT2D eigenvalue weighted by atomic mass is 32.2. The summed E-state index contributed by atoms with van der Waals surface area (Å²) in [6.07, 6.45) is 1.12. The lowest BCUT2D eigenvalue weighted by Crippen LogP contribution is -2.30. The topological polar surface area (TPSA) is 58.2 Å². The van der Waals surface area contributed by atoms with Crippen LogP contribution in [0.15, 0.2) is 0 Å². The fourth-order valence-electron chi connectivity index (χ4n) is 0.203. The third-order valence-corrected chi connectivity index (χ3v) is 1.18. The molecule has 0 fully saturated rings. The van der Waals surface area contributed by atoms with Crippen LogP contribution in [0.2, 0.25) is 0 Å². The van der Waals surface area contributed by atoms with Crippen molar-refractivity contribution in [3.8, 4) is 0 Å². The Morgan fingerprint density at radius 1 is 1.50 bits per heavy atom. The standard InChI is InChI=1S/C3H10N2O2S/c1-4-3-5-8(2,6)7/h4-5H,3H2,1-2H3. The van der Waals surface area contributed by atoms with E-state index in [-0.39, 0.29) is 0 Å². The molecule has 0 rings (SSSR count). The van der Waals surface area contributed by atoms with Gasteiger partial charge >= 0.3 is 0 Å².